The molecule has 1 rings (SSSR count). The summed E-state index contributed by atoms with van der Waals surface area (Å²) in [5.41, 5.74) is 1.26. The van der Waals surface area contributed by atoms with Crippen LogP contribution >= 0.6 is 11.6 Å². The Morgan fingerprint density at radius 1 is 1.53 bits per heavy atom. The van der Waals surface area contributed by atoms with Gasteiger partial charge in [-0.1, -0.05) is 17.7 Å². The molecule has 5 heteroatoms. The van der Waals surface area contributed by atoms with Gasteiger partial charge >= 0.3 is 5.97 Å². The third-order valence-electron chi connectivity index (χ3n) is 2.28. The largest absolute Gasteiger partial charge is 0.464 e. The van der Waals surface area contributed by atoms with Crippen LogP contribution in [0.3, 0.4) is 0 Å². The Labute approximate surface area is 106 Å². The summed E-state index contributed by atoms with van der Waals surface area (Å²) < 4.78 is 4.73. The molecule has 1 N–H and O–H groups in total. The van der Waals surface area contributed by atoms with Crippen LogP contribution in [0.5, 0.6) is 0 Å². The fraction of sp³-hybridized carbons (Fsp3) is 0.417. The molecule has 0 aromatic heterocycles. The first-order chi connectivity index (χ1) is 7.97. The first-order valence-electron chi connectivity index (χ1n) is 5.28. The van der Waals surface area contributed by atoms with Crippen LogP contribution in [-0.4, -0.2) is 31.8 Å². The number of esters is 1. The summed E-state index contributed by atoms with van der Waals surface area (Å²) in [4.78, 5) is 13.2. The summed E-state index contributed by atoms with van der Waals surface area (Å²) in [6.45, 7) is 1.92. The Balaban J connectivity index is 2.93. The quantitative estimate of drug-likeness (QED) is 0.839. The van der Waals surface area contributed by atoms with Crippen LogP contribution in [0.1, 0.15) is 18.6 Å². The van der Waals surface area contributed by atoms with E-state index in [-0.39, 0.29) is 6.61 Å². The highest BCUT2D eigenvalue weighted by atomic mass is 35.5. The topological polar surface area (TPSA) is 49.8 Å². The number of anilines is 1. The molecule has 0 bridgehead atoms. The molecule has 0 fully saturated rings. The molecule has 1 atom stereocenters. The van der Waals surface area contributed by atoms with Gasteiger partial charge in [0, 0.05) is 14.1 Å². The minimum atomic E-state index is -1.29. The molecule has 0 aliphatic heterocycles. The van der Waals surface area contributed by atoms with Crippen molar-refractivity contribution in [2.75, 3.05) is 25.6 Å². The van der Waals surface area contributed by atoms with E-state index in [0.717, 1.165) is 5.69 Å². The van der Waals surface area contributed by atoms with E-state index in [1.165, 1.54) is 0 Å². The Morgan fingerprint density at radius 2 is 2.18 bits per heavy atom. The molecule has 0 saturated heterocycles. The standard InChI is InChI=1S/C12H16ClNO3/c1-4-17-12(16)11(15)8-5-6-10(14(2)3)9(13)7-8/h5-7,11,15H,4H2,1-3H3. The van der Waals surface area contributed by atoms with E-state index in [1.54, 1.807) is 25.1 Å². The van der Waals surface area contributed by atoms with Crippen molar-refractivity contribution >= 4 is 23.3 Å². The van der Waals surface area contributed by atoms with Gasteiger partial charge in [-0.15, -0.1) is 0 Å². The van der Waals surface area contributed by atoms with E-state index < -0.39 is 12.1 Å². The molecule has 0 amide bonds. The number of aliphatic hydroxyl groups is 1. The van der Waals surface area contributed by atoms with Crippen molar-refractivity contribution in [1.29, 1.82) is 0 Å². The summed E-state index contributed by atoms with van der Waals surface area (Å²) in [6.07, 6.45) is -1.29. The third-order valence-corrected chi connectivity index (χ3v) is 2.58. The molecule has 0 heterocycles. The molecule has 0 aliphatic carbocycles. The second kappa shape index (κ2) is 5.89. The number of carbonyl (C=O) groups excluding carboxylic acids is 1. The van der Waals surface area contributed by atoms with Gasteiger partial charge in [-0.2, -0.15) is 0 Å². The Hall–Kier alpha value is -1.26. The van der Waals surface area contributed by atoms with E-state index in [0.29, 0.717) is 10.6 Å². The number of nitrogens with zero attached hydrogens (tertiary/aromatic N) is 1. The molecule has 0 saturated carbocycles. The van der Waals surface area contributed by atoms with Crippen LogP contribution in [0.25, 0.3) is 0 Å². The van der Waals surface area contributed by atoms with Crippen molar-refractivity contribution in [2.24, 2.45) is 0 Å². The van der Waals surface area contributed by atoms with Crippen molar-refractivity contribution in [3.8, 4) is 0 Å². The van der Waals surface area contributed by atoms with Gasteiger partial charge < -0.3 is 14.7 Å². The molecule has 94 valence electrons. The first kappa shape index (κ1) is 13.8. The second-order valence-electron chi connectivity index (χ2n) is 3.76. The molecule has 1 aromatic rings. The summed E-state index contributed by atoms with van der Waals surface area (Å²) in [7, 11) is 3.73. The zero-order valence-electron chi connectivity index (χ0n) is 10.1. The van der Waals surface area contributed by atoms with Crippen LogP contribution in [0.15, 0.2) is 18.2 Å². The molecular formula is C12H16ClNO3. The third kappa shape index (κ3) is 3.35. The van der Waals surface area contributed by atoms with Crippen molar-refractivity contribution in [2.45, 2.75) is 13.0 Å². The number of hydrogen-bond acceptors (Lipinski definition) is 4. The SMILES string of the molecule is CCOC(=O)C(O)c1ccc(N(C)C)c(Cl)c1. The molecule has 17 heavy (non-hydrogen) atoms. The summed E-state index contributed by atoms with van der Waals surface area (Å²) >= 11 is 6.05. The highest BCUT2D eigenvalue weighted by molar-refractivity contribution is 6.33. The van der Waals surface area contributed by atoms with E-state index >= 15 is 0 Å². The number of benzene rings is 1. The van der Waals surface area contributed by atoms with Crippen LogP contribution < -0.4 is 4.90 Å². The smallest absolute Gasteiger partial charge is 0.339 e. The predicted molar refractivity (Wildman–Crippen MR) is 67.4 cm³/mol. The number of carbonyl (C=O) groups is 1. The van der Waals surface area contributed by atoms with E-state index in [9.17, 15) is 9.90 Å². The maximum atomic E-state index is 11.3. The monoisotopic (exact) mass is 257 g/mol. The van der Waals surface area contributed by atoms with Crippen molar-refractivity contribution in [3.05, 3.63) is 28.8 Å². The summed E-state index contributed by atoms with van der Waals surface area (Å²) in [5.74, 6) is -0.666. The normalized spacial score (nSPS) is 12.1. The van der Waals surface area contributed by atoms with Crippen molar-refractivity contribution < 1.29 is 14.6 Å². The van der Waals surface area contributed by atoms with Gasteiger partial charge in [0.05, 0.1) is 17.3 Å². The molecule has 0 spiro atoms. The van der Waals surface area contributed by atoms with Gasteiger partial charge in [0.1, 0.15) is 0 Å². The number of hydrogen-bond donors (Lipinski definition) is 1. The number of aliphatic hydroxyl groups excluding tert-OH is 1. The Kier molecular flexibility index (Phi) is 4.78. The van der Waals surface area contributed by atoms with Crippen LogP contribution in [0, 0.1) is 0 Å². The maximum Gasteiger partial charge on any atom is 0.339 e. The lowest BCUT2D eigenvalue weighted by Gasteiger charge is -2.16. The summed E-state index contributed by atoms with van der Waals surface area (Å²) in [5, 5.41) is 10.2. The first-order valence-corrected chi connectivity index (χ1v) is 5.66. The maximum absolute atomic E-state index is 11.3. The Morgan fingerprint density at radius 3 is 2.65 bits per heavy atom. The molecule has 1 unspecified atom stereocenters. The van der Waals surface area contributed by atoms with Gasteiger partial charge in [0.15, 0.2) is 6.10 Å². The lowest BCUT2D eigenvalue weighted by atomic mass is 10.1. The zero-order valence-corrected chi connectivity index (χ0v) is 10.9. The number of halogens is 1. The number of ether oxygens (including phenoxy) is 1. The highest BCUT2D eigenvalue weighted by Gasteiger charge is 2.19. The molecular weight excluding hydrogens is 242 g/mol. The number of rotatable bonds is 4. The molecule has 0 aliphatic rings. The van der Waals surface area contributed by atoms with E-state index in [4.69, 9.17) is 16.3 Å². The summed E-state index contributed by atoms with van der Waals surface area (Å²) in [6, 6.07) is 4.97. The van der Waals surface area contributed by atoms with E-state index in [2.05, 4.69) is 0 Å². The minimum Gasteiger partial charge on any atom is -0.464 e. The zero-order chi connectivity index (χ0) is 13.0. The average molecular weight is 258 g/mol. The molecule has 0 radical (unpaired) electrons. The van der Waals surface area contributed by atoms with Crippen LogP contribution in [0.4, 0.5) is 5.69 Å². The minimum absolute atomic E-state index is 0.236. The predicted octanol–water partition coefficient (Wildman–Crippen LogP) is 2.00. The van der Waals surface area contributed by atoms with Gasteiger partial charge in [0.2, 0.25) is 0 Å². The van der Waals surface area contributed by atoms with Gasteiger partial charge in [-0.25, -0.2) is 4.79 Å². The lowest BCUT2D eigenvalue weighted by Crippen LogP contribution is -2.16. The molecule has 4 nitrogen and oxygen atoms in total. The van der Waals surface area contributed by atoms with Crippen molar-refractivity contribution in [3.63, 3.8) is 0 Å². The fourth-order valence-corrected chi connectivity index (χ4v) is 1.77. The lowest BCUT2D eigenvalue weighted by molar-refractivity contribution is -0.153. The van der Waals surface area contributed by atoms with Gasteiger partial charge in [-0.05, 0) is 24.6 Å². The second-order valence-corrected chi connectivity index (χ2v) is 4.17. The van der Waals surface area contributed by atoms with E-state index in [1.807, 2.05) is 19.0 Å². The molecule has 1 aromatic carbocycles. The highest BCUT2D eigenvalue weighted by Crippen LogP contribution is 2.28. The Bertz CT molecular complexity index is 407. The van der Waals surface area contributed by atoms with Gasteiger partial charge in [-0.3, -0.25) is 0 Å². The fourth-order valence-electron chi connectivity index (χ4n) is 1.41. The van der Waals surface area contributed by atoms with Crippen LogP contribution in [0.2, 0.25) is 5.02 Å². The van der Waals surface area contributed by atoms with Gasteiger partial charge in [0.25, 0.3) is 0 Å². The van der Waals surface area contributed by atoms with Crippen LogP contribution in [-0.2, 0) is 9.53 Å². The van der Waals surface area contributed by atoms with Crippen molar-refractivity contribution in [1.82, 2.24) is 0 Å². The average Bonchev–Trinajstić information content (AvgIpc) is 2.27.